The van der Waals surface area contributed by atoms with E-state index in [4.69, 9.17) is 9.47 Å². The van der Waals surface area contributed by atoms with Gasteiger partial charge in [0, 0.05) is 31.7 Å². The van der Waals surface area contributed by atoms with Crippen molar-refractivity contribution in [1.29, 1.82) is 0 Å². The molecule has 0 aromatic heterocycles. The van der Waals surface area contributed by atoms with E-state index in [1.807, 2.05) is 0 Å². The van der Waals surface area contributed by atoms with Crippen LogP contribution >= 0.6 is 0 Å². The SMILES string of the molecule is COc1ccc(C2(CNCC(C)c3ccccc3)CCOCC2)cc1. The molecule has 0 saturated carbocycles. The van der Waals surface area contributed by atoms with Crippen molar-refractivity contribution in [3.63, 3.8) is 0 Å². The van der Waals surface area contributed by atoms with Crippen molar-refractivity contribution in [2.24, 2.45) is 0 Å². The van der Waals surface area contributed by atoms with Crippen molar-refractivity contribution in [1.82, 2.24) is 5.32 Å². The van der Waals surface area contributed by atoms with E-state index in [9.17, 15) is 0 Å². The lowest BCUT2D eigenvalue weighted by atomic mass is 9.74. The van der Waals surface area contributed by atoms with Gasteiger partial charge in [0.25, 0.3) is 0 Å². The molecule has 134 valence electrons. The first kappa shape index (κ1) is 18.0. The summed E-state index contributed by atoms with van der Waals surface area (Å²) < 4.78 is 10.9. The van der Waals surface area contributed by atoms with Crippen LogP contribution in [0.5, 0.6) is 5.75 Å². The molecular formula is C22H29NO2. The first-order valence-electron chi connectivity index (χ1n) is 9.21. The van der Waals surface area contributed by atoms with Crippen LogP contribution in [-0.2, 0) is 10.2 Å². The van der Waals surface area contributed by atoms with Crippen molar-refractivity contribution in [2.75, 3.05) is 33.4 Å². The van der Waals surface area contributed by atoms with Gasteiger partial charge in [0.15, 0.2) is 0 Å². The average molecular weight is 339 g/mol. The van der Waals surface area contributed by atoms with Gasteiger partial charge in [0.2, 0.25) is 0 Å². The quantitative estimate of drug-likeness (QED) is 0.822. The Balaban J connectivity index is 1.66. The first-order valence-corrected chi connectivity index (χ1v) is 9.21. The Hall–Kier alpha value is -1.84. The van der Waals surface area contributed by atoms with Crippen LogP contribution in [0.3, 0.4) is 0 Å². The predicted molar refractivity (Wildman–Crippen MR) is 102 cm³/mol. The fraction of sp³-hybridized carbons (Fsp3) is 0.455. The molecule has 1 heterocycles. The third-order valence-corrected chi connectivity index (χ3v) is 5.43. The summed E-state index contributed by atoms with van der Waals surface area (Å²) >= 11 is 0. The summed E-state index contributed by atoms with van der Waals surface area (Å²) in [4.78, 5) is 0. The molecule has 25 heavy (non-hydrogen) atoms. The van der Waals surface area contributed by atoms with Crippen LogP contribution in [-0.4, -0.2) is 33.4 Å². The van der Waals surface area contributed by atoms with E-state index in [0.717, 1.165) is 44.9 Å². The summed E-state index contributed by atoms with van der Waals surface area (Å²) in [6, 6.07) is 19.3. The summed E-state index contributed by atoms with van der Waals surface area (Å²) in [5, 5.41) is 3.73. The Morgan fingerprint density at radius 1 is 1.04 bits per heavy atom. The molecule has 0 spiro atoms. The Bertz CT molecular complexity index is 633. The third kappa shape index (κ3) is 4.42. The second-order valence-electron chi connectivity index (χ2n) is 7.06. The van der Waals surface area contributed by atoms with Crippen LogP contribution in [0.25, 0.3) is 0 Å². The Kier molecular flexibility index (Phi) is 6.11. The van der Waals surface area contributed by atoms with Crippen molar-refractivity contribution >= 4 is 0 Å². The number of rotatable bonds is 7. The molecule has 1 unspecified atom stereocenters. The molecule has 0 amide bonds. The number of nitrogens with one attached hydrogen (secondary N) is 1. The van der Waals surface area contributed by atoms with E-state index in [0.29, 0.717) is 5.92 Å². The second kappa shape index (κ2) is 8.50. The summed E-state index contributed by atoms with van der Waals surface area (Å²) in [5.41, 5.74) is 2.93. The zero-order valence-corrected chi connectivity index (χ0v) is 15.3. The maximum atomic E-state index is 5.64. The lowest BCUT2D eigenvalue weighted by Gasteiger charge is -2.38. The fourth-order valence-electron chi connectivity index (χ4n) is 3.70. The maximum absolute atomic E-state index is 5.64. The van der Waals surface area contributed by atoms with Gasteiger partial charge in [-0.15, -0.1) is 0 Å². The average Bonchev–Trinajstić information content (AvgIpc) is 2.69. The molecule has 1 aliphatic rings. The summed E-state index contributed by atoms with van der Waals surface area (Å²) in [7, 11) is 1.71. The van der Waals surface area contributed by atoms with E-state index in [1.54, 1.807) is 7.11 Å². The van der Waals surface area contributed by atoms with Crippen molar-refractivity contribution in [2.45, 2.75) is 31.1 Å². The minimum absolute atomic E-state index is 0.154. The molecule has 3 nitrogen and oxygen atoms in total. The van der Waals surface area contributed by atoms with Crippen LogP contribution in [0.4, 0.5) is 0 Å². The standard InChI is InChI=1S/C22H29NO2/c1-18(19-6-4-3-5-7-19)16-23-17-22(12-14-25-15-13-22)20-8-10-21(24-2)11-9-20/h3-11,18,23H,12-17H2,1-2H3. The normalized spacial score (nSPS) is 17.8. The van der Waals surface area contributed by atoms with Gasteiger partial charge in [0.05, 0.1) is 7.11 Å². The first-order chi connectivity index (χ1) is 12.2. The Morgan fingerprint density at radius 3 is 2.36 bits per heavy atom. The molecule has 1 saturated heterocycles. The molecule has 2 aromatic carbocycles. The van der Waals surface area contributed by atoms with Crippen molar-refractivity contribution in [3.05, 3.63) is 65.7 Å². The van der Waals surface area contributed by atoms with E-state index in [1.165, 1.54) is 11.1 Å². The number of benzene rings is 2. The fourth-order valence-corrected chi connectivity index (χ4v) is 3.70. The van der Waals surface area contributed by atoms with Crippen LogP contribution in [0, 0.1) is 0 Å². The lowest BCUT2D eigenvalue weighted by molar-refractivity contribution is 0.0498. The molecule has 3 heteroatoms. The molecule has 1 aliphatic heterocycles. The summed E-state index contributed by atoms with van der Waals surface area (Å²) in [6.45, 7) is 5.93. The summed E-state index contributed by atoms with van der Waals surface area (Å²) in [5.74, 6) is 1.42. The number of methoxy groups -OCH3 is 1. The van der Waals surface area contributed by atoms with Gasteiger partial charge < -0.3 is 14.8 Å². The molecule has 3 rings (SSSR count). The third-order valence-electron chi connectivity index (χ3n) is 5.43. The Morgan fingerprint density at radius 2 is 1.72 bits per heavy atom. The molecule has 1 fully saturated rings. The van der Waals surface area contributed by atoms with E-state index in [-0.39, 0.29) is 5.41 Å². The number of hydrogen-bond acceptors (Lipinski definition) is 3. The topological polar surface area (TPSA) is 30.5 Å². The number of hydrogen-bond donors (Lipinski definition) is 1. The van der Waals surface area contributed by atoms with Crippen LogP contribution in [0.15, 0.2) is 54.6 Å². The molecule has 0 aliphatic carbocycles. The lowest BCUT2D eigenvalue weighted by Crippen LogP contribution is -2.43. The maximum Gasteiger partial charge on any atom is 0.118 e. The molecule has 1 atom stereocenters. The highest BCUT2D eigenvalue weighted by atomic mass is 16.5. The van der Waals surface area contributed by atoms with Gasteiger partial charge in [-0.2, -0.15) is 0 Å². The van der Waals surface area contributed by atoms with Crippen LogP contribution in [0.2, 0.25) is 0 Å². The van der Waals surface area contributed by atoms with Crippen LogP contribution < -0.4 is 10.1 Å². The van der Waals surface area contributed by atoms with Crippen molar-refractivity contribution < 1.29 is 9.47 Å². The summed E-state index contributed by atoms with van der Waals surface area (Å²) in [6.07, 6.45) is 2.12. The van der Waals surface area contributed by atoms with Gasteiger partial charge >= 0.3 is 0 Å². The predicted octanol–water partition coefficient (Wildman–Crippen LogP) is 4.14. The van der Waals surface area contributed by atoms with E-state index < -0.39 is 0 Å². The number of ether oxygens (including phenoxy) is 2. The van der Waals surface area contributed by atoms with Gasteiger partial charge in [-0.3, -0.25) is 0 Å². The van der Waals surface area contributed by atoms with Gasteiger partial charge in [-0.25, -0.2) is 0 Å². The minimum atomic E-state index is 0.154. The molecule has 2 aromatic rings. The highest BCUT2D eigenvalue weighted by Crippen LogP contribution is 2.35. The molecule has 0 radical (unpaired) electrons. The van der Waals surface area contributed by atoms with E-state index >= 15 is 0 Å². The monoisotopic (exact) mass is 339 g/mol. The van der Waals surface area contributed by atoms with Crippen molar-refractivity contribution in [3.8, 4) is 5.75 Å². The van der Waals surface area contributed by atoms with Gasteiger partial charge in [-0.05, 0) is 42.0 Å². The largest absolute Gasteiger partial charge is 0.497 e. The van der Waals surface area contributed by atoms with Gasteiger partial charge in [-0.1, -0.05) is 49.4 Å². The minimum Gasteiger partial charge on any atom is -0.497 e. The van der Waals surface area contributed by atoms with Crippen LogP contribution in [0.1, 0.15) is 36.8 Å². The Labute approximate surface area is 151 Å². The zero-order chi connectivity index (χ0) is 17.5. The highest BCUT2D eigenvalue weighted by Gasteiger charge is 2.34. The highest BCUT2D eigenvalue weighted by molar-refractivity contribution is 5.33. The van der Waals surface area contributed by atoms with E-state index in [2.05, 4.69) is 66.8 Å². The molecule has 1 N–H and O–H groups in total. The molecular weight excluding hydrogens is 310 g/mol. The molecule has 0 bridgehead atoms. The van der Waals surface area contributed by atoms with Gasteiger partial charge in [0.1, 0.15) is 5.75 Å². The smallest absolute Gasteiger partial charge is 0.118 e. The zero-order valence-electron chi connectivity index (χ0n) is 15.3. The second-order valence-corrected chi connectivity index (χ2v) is 7.06.